The molecule has 33 heavy (non-hydrogen) atoms. The first-order valence-corrected chi connectivity index (χ1v) is 9.95. The van der Waals surface area contributed by atoms with Crippen LogP contribution >= 0.6 is 11.6 Å². The molecule has 0 fully saturated rings. The fourth-order valence-corrected chi connectivity index (χ4v) is 4.13. The number of imidazole rings is 1. The number of aromatic nitrogens is 4. The monoisotopic (exact) mass is 491 g/mol. The van der Waals surface area contributed by atoms with Crippen molar-refractivity contribution in [3.05, 3.63) is 58.2 Å². The third kappa shape index (κ3) is 4.56. The van der Waals surface area contributed by atoms with E-state index in [2.05, 4.69) is 15.1 Å². The number of fused-ring (bicyclic) bond motifs is 1. The summed E-state index contributed by atoms with van der Waals surface area (Å²) < 4.78 is 71.6. The number of aryl methyl sites for hydroxylation is 1. The Labute approximate surface area is 213 Å². The summed E-state index contributed by atoms with van der Waals surface area (Å²) >= 11 is 6.51. The summed E-state index contributed by atoms with van der Waals surface area (Å²) in [5.41, 5.74) is -1.91. The first-order chi connectivity index (χ1) is 14.8. The van der Waals surface area contributed by atoms with E-state index < -0.39 is 34.4 Å². The van der Waals surface area contributed by atoms with Crippen LogP contribution in [0, 0.1) is 11.6 Å². The molecule has 0 aliphatic carbocycles. The zero-order valence-electron chi connectivity index (χ0n) is 18.5. The number of nitrogens with one attached hydrogen (secondary N) is 1. The Bertz CT molecular complexity index is 1330. The van der Waals surface area contributed by atoms with E-state index in [1.807, 2.05) is 20.8 Å². The van der Waals surface area contributed by atoms with Crippen molar-refractivity contribution in [1.29, 1.82) is 0 Å². The van der Waals surface area contributed by atoms with E-state index >= 15 is 0 Å². The largest absolute Gasteiger partial charge is 0.418 e. The number of nitrogens with zero attached hydrogens (tertiary/aromatic N) is 3. The van der Waals surface area contributed by atoms with Crippen molar-refractivity contribution >= 4 is 52.2 Å². The van der Waals surface area contributed by atoms with Gasteiger partial charge >= 0.3 is 6.18 Å². The van der Waals surface area contributed by atoms with E-state index in [1.165, 1.54) is 10.7 Å². The van der Waals surface area contributed by atoms with E-state index in [0.717, 1.165) is 18.2 Å². The SMILES string of the molecule is Cn1nc(C(C)(C)C)c(Cl)c1-c1nc2c(C(F)(F)F)cc(-c3c(F)cccc3F)cc2[nH]1.[Na]. The van der Waals surface area contributed by atoms with Crippen molar-refractivity contribution in [3.63, 3.8) is 0 Å². The zero-order chi connectivity index (χ0) is 23.6. The molecule has 0 spiro atoms. The van der Waals surface area contributed by atoms with Crippen LogP contribution in [0.5, 0.6) is 0 Å². The molecule has 169 valence electrons. The van der Waals surface area contributed by atoms with Crippen LogP contribution in [-0.4, -0.2) is 49.3 Å². The van der Waals surface area contributed by atoms with Crippen molar-refractivity contribution in [1.82, 2.24) is 19.7 Å². The van der Waals surface area contributed by atoms with Gasteiger partial charge < -0.3 is 4.98 Å². The molecule has 0 aliphatic heterocycles. The van der Waals surface area contributed by atoms with Gasteiger partial charge in [-0.3, -0.25) is 4.68 Å². The third-order valence-electron chi connectivity index (χ3n) is 5.07. The van der Waals surface area contributed by atoms with Gasteiger partial charge in [-0.05, 0) is 29.8 Å². The summed E-state index contributed by atoms with van der Waals surface area (Å²) in [5.74, 6) is -1.88. The molecule has 4 aromatic rings. The number of aromatic amines is 1. The van der Waals surface area contributed by atoms with Crippen LogP contribution in [0.3, 0.4) is 0 Å². The second-order valence-corrected chi connectivity index (χ2v) is 8.86. The molecule has 0 saturated heterocycles. The van der Waals surface area contributed by atoms with Crippen LogP contribution in [0.1, 0.15) is 32.0 Å². The Morgan fingerprint density at radius 2 is 1.64 bits per heavy atom. The van der Waals surface area contributed by atoms with Gasteiger partial charge in [0, 0.05) is 42.0 Å². The van der Waals surface area contributed by atoms with Gasteiger partial charge in [-0.1, -0.05) is 38.4 Å². The van der Waals surface area contributed by atoms with Crippen molar-refractivity contribution in [2.45, 2.75) is 32.4 Å². The second-order valence-electron chi connectivity index (χ2n) is 8.48. The van der Waals surface area contributed by atoms with Crippen LogP contribution in [-0.2, 0) is 18.6 Å². The summed E-state index contributed by atoms with van der Waals surface area (Å²) in [4.78, 5) is 6.96. The minimum absolute atomic E-state index is 0. The van der Waals surface area contributed by atoms with Crippen LogP contribution in [0.25, 0.3) is 33.7 Å². The summed E-state index contributed by atoms with van der Waals surface area (Å²) in [5, 5.41) is 4.65. The quantitative estimate of drug-likeness (QED) is 0.257. The molecule has 2 aromatic heterocycles. The molecule has 0 amide bonds. The number of hydrogen-bond acceptors (Lipinski definition) is 2. The average molecular weight is 492 g/mol. The Kier molecular flexibility index (Phi) is 6.76. The standard InChI is InChI=1S/C22H18ClF5N4.Na/c1-21(2,3)19-16(23)18(32(4)31-19)20-29-14-9-10(15-12(24)6-5-7-13(15)25)8-11(17(14)30-20)22(26,27)28;/h5-9H,1-4H3,(H,29,30);. The number of benzene rings is 2. The van der Waals surface area contributed by atoms with E-state index in [0.29, 0.717) is 17.5 Å². The minimum Gasteiger partial charge on any atom is -0.337 e. The maximum Gasteiger partial charge on any atom is 0.418 e. The van der Waals surface area contributed by atoms with Gasteiger partial charge in [0.05, 0.1) is 27.4 Å². The normalized spacial score (nSPS) is 12.3. The smallest absolute Gasteiger partial charge is 0.337 e. The Hall–Kier alpha value is -1.94. The molecular formula is C22H18ClF5N4Na. The Balaban J connectivity index is 0.00000306. The van der Waals surface area contributed by atoms with Gasteiger partial charge in [-0.2, -0.15) is 18.3 Å². The number of halogens is 6. The van der Waals surface area contributed by atoms with Gasteiger partial charge in [-0.25, -0.2) is 13.8 Å². The summed E-state index contributed by atoms with van der Waals surface area (Å²) in [7, 11) is 1.61. The van der Waals surface area contributed by atoms with E-state index in [1.54, 1.807) is 7.05 Å². The topological polar surface area (TPSA) is 46.5 Å². The predicted molar refractivity (Wildman–Crippen MR) is 118 cm³/mol. The zero-order valence-corrected chi connectivity index (χ0v) is 21.3. The van der Waals surface area contributed by atoms with Crippen molar-refractivity contribution in [3.8, 4) is 22.6 Å². The molecule has 0 saturated carbocycles. The minimum atomic E-state index is -4.81. The molecule has 2 aromatic carbocycles. The number of alkyl halides is 3. The molecular weight excluding hydrogens is 474 g/mol. The molecule has 1 radical (unpaired) electrons. The Morgan fingerprint density at radius 3 is 2.15 bits per heavy atom. The molecule has 2 heterocycles. The molecule has 4 nitrogen and oxygen atoms in total. The molecule has 0 bridgehead atoms. The maximum atomic E-state index is 14.3. The van der Waals surface area contributed by atoms with E-state index in [9.17, 15) is 22.0 Å². The van der Waals surface area contributed by atoms with Crippen LogP contribution in [0.15, 0.2) is 30.3 Å². The van der Waals surface area contributed by atoms with E-state index in [4.69, 9.17) is 11.6 Å². The first kappa shape index (κ1) is 25.7. The first-order valence-electron chi connectivity index (χ1n) is 9.57. The van der Waals surface area contributed by atoms with E-state index in [-0.39, 0.29) is 57.0 Å². The predicted octanol–water partition coefficient (Wildman–Crippen LogP) is 6.50. The molecule has 1 N–H and O–H groups in total. The maximum absolute atomic E-state index is 14.3. The third-order valence-corrected chi connectivity index (χ3v) is 5.43. The molecule has 11 heteroatoms. The second kappa shape index (κ2) is 8.69. The molecule has 4 rings (SSSR count). The summed E-state index contributed by atoms with van der Waals surface area (Å²) in [6, 6.07) is 5.04. The van der Waals surface area contributed by atoms with Crippen molar-refractivity contribution in [2.75, 3.05) is 0 Å². The van der Waals surface area contributed by atoms with Gasteiger partial charge in [0.2, 0.25) is 0 Å². The van der Waals surface area contributed by atoms with Gasteiger partial charge in [0.1, 0.15) is 22.8 Å². The summed E-state index contributed by atoms with van der Waals surface area (Å²) in [6.45, 7) is 5.71. The Morgan fingerprint density at radius 1 is 1.03 bits per heavy atom. The number of rotatable bonds is 2. The molecule has 0 atom stereocenters. The average Bonchev–Trinajstić information content (AvgIpc) is 3.19. The van der Waals surface area contributed by atoms with Crippen LogP contribution < -0.4 is 0 Å². The van der Waals surface area contributed by atoms with Gasteiger partial charge in [-0.15, -0.1) is 0 Å². The fourth-order valence-electron chi connectivity index (χ4n) is 3.60. The van der Waals surface area contributed by atoms with Crippen LogP contribution in [0.4, 0.5) is 22.0 Å². The number of hydrogen-bond donors (Lipinski definition) is 1. The fraction of sp³-hybridized carbons (Fsp3) is 0.273. The summed E-state index contributed by atoms with van der Waals surface area (Å²) in [6.07, 6.45) is -4.81. The van der Waals surface area contributed by atoms with Gasteiger partial charge in [0.25, 0.3) is 0 Å². The number of H-pyrrole nitrogens is 1. The van der Waals surface area contributed by atoms with Crippen molar-refractivity contribution in [2.24, 2.45) is 7.05 Å². The molecule has 0 aliphatic rings. The van der Waals surface area contributed by atoms with Gasteiger partial charge in [0.15, 0.2) is 5.82 Å². The van der Waals surface area contributed by atoms with Crippen molar-refractivity contribution < 1.29 is 22.0 Å². The molecule has 0 unspecified atom stereocenters. The van der Waals surface area contributed by atoms with Crippen LogP contribution in [0.2, 0.25) is 5.02 Å².